The summed E-state index contributed by atoms with van der Waals surface area (Å²) in [6.45, 7) is 9.03. The van der Waals surface area contributed by atoms with Crippen molar-refractivity contribution < 1.29 is 14.6 Å². The van der Waals surface area contributed by atoms with Crippen LogP contribution in [0.1, 0.15) is 30.0 Å². The van der Waals surface area contributed by atoms with E-state index in [-0.39, 0.29) is 6.42 Å². The number of carboxylic acids is 1. The smallest absolute Gasteiger partial charge is 0.305 e. The molecule has 0 amide bonds. The normalized spacial score (nSPS) is 19.6. The lowest BCUT2D eigenvalue weighted by atomic mass is 9.83. The van der Waals surface area contributed by atoms with Crippen molar-refractivity contribution in [2.24, 2.45) is 0 Å². The predicted molar refractivity (Wildman–Crippen MR) is 77.9 cm³/mol. The molecular weight excluding hydrogens is 254 g/mol. The minimum Gasteiger partial charge on any atom is -0.481 e. The molecule has 0 bridgehead atoms. The summed E-state index contributed by atoms with van der Waals surface area (Å²) in [7, 11) is 0. The molecule has 20 heavy (non-hydrogen) atoms. The van der Waals surface area contributed by atoms with Crippen LogP contribution in [0, 0.1) is 13.8 Å². The molecule has 1 unspecified atom stereocenters. The van der Waals surface area contributed by atoms with Gasteiger partial charge in [-0.05, 0) is 31.9 Å². The number of ether oxygens (including phenoxy) is 1. The molecule has 0 saturated carbocycles. The van der Waals surface area contributed by atoms with Gasteiger partial charge in [-0.2, -0.15) is 0 Å². The van der Waals surface area contributed by atoms with Gasteiger partial charge in [0.2, 0.25) is 0 Å². The molecule has 1 N–H and O–H groups in total. The lowest BCUT2D eigenvalue weighted by Gasteiger charge is -2.43. The molecule has 1 saturated heterocycles. The molecule has 0 aliphatic carbocycles. The second-order valence-corrected chi connectivity index (χ2v) is 5.76. The highest BCUT2D eigenvalue weighted by atomic mass is 16.5. The molecule has 2 rings (SSSR count). The highest BCUT2D eigenvalue weighted by Gasteiger charge is 2.37. The third-order valence-electron chi connectivity index (χ3n) is 4.17. The van der Waals surface area contributed by atoms with Crippen molar-refractivity contribution in [2.75, 3.05) is 26.3 Å². The zero-order valence-corrected chi connectivity index (χ0v) is 12.5. The molecule has 1 aromatic rings. The number of rotatable bonds is 4. The first-order valence-electron chi connectivity index (χ1n) is 7.06. The first-order chi connectivity index (χ1) is 9.43. The number of carbonyl (C=O) groups is 1. The third kappa shape index (κ3) is 3.02. The van der Waals surface area contributed by atoms with E-state index in [1.807, 2.05) is 6.92 Å². The Kier molecular flexibility index (Phi) is 4.45. The predicted octanol–water partition coefficient (Wildman–Crippen LogP) is 2.33. The zero-order chi connectivity index (χ0) is 14.8. The number of aryl methyl sites for hydroxylation is 2. The third-order valence-corrected chi connectivity index (χ3v) is 4.17. The van der Waals surface area contributed by atoms with Crippen molar-refractivity contribution >= 4 is 5.97 Å². The monoisotopic (exact) mass is 277 g/mol. The standard InChI is InChI=1S/C16H23NO3/c1-12-4-5-14(13(2)10-12)16(3,11-15(18)19)17-6-8-20-9-7-17/h4-5,10H,6-9,11H2,1-3H3,(H,18,19). The lowest BCUT2D eigenvalue weighted by molar-refractivity contribution is -0.141. The molecule has 4 heteroatoms. The van der Waals surface area contributed by atoms with Crippen LogP contribution in [0.3, 0.4) is 0 Å². The van der Waals surface area contributed by atoms with Gasteiger partial charge in [-0.3, -0.25) is 9.69 Å². The summed E-state index contributed by atoms with van der Waals surface area (Å²) in [5, 5.41) is 9.33. The van der Waals surface area contributed by atoms with Gasteiger partial charge >= 0.3 is 5.97 Å². The average Bonchev–Trinajstić information content (AvgIpc) is 2.38. The largest absolute Gasteiger partial charge is 0.481 e. The highest BCUT2D eigenvalue weighted by Crippen LogP contribution is 2.35. The molecule has 0 spiro atoms. The summed E-state index contributed by atoms with van der Waals surface area (Å²) in [5.74, 6) is -0.765. The van der Waals surface area contributed by atoms with Crippen LogP contribution in [-0.2, 0) is 15.1 Å². The van der Waals surface area contributed by atoms with Crippen LogP contribution in [0.4, 0.5) is 0 Å². The van der Waals surface area contributed by atoms with Gasteiger partial charge in [0.1, 0.15) is 0 Å². The maximum Gasteiger partial charge on any atom is 0.305 e. The molecule has 1 atom stereocenters. The number of aliphatic carboxylic acids is 1. The summed E-state index contributed by atoms with van der Waals surface area (Å²) in [4.78, 5) is 13.6. The molecule has 0 radical (unpaired) electrons. The molecule has 110 valence electrons. The summed E-state index contributed by atoms with van der Waals surface area (Å²) >= 11 is 0. The van der Waals surface area contributed by atoms with Crippen molar-refractivity contribution in [1.29, 1.82) is 0 Å². The SMILES string of the molecule is Cc1ccc(C(C)(CC(=O)O)N2CCOCC2)c(C)c1. The van der Waals surface area contributed by atoms with Crippen LogP contribution < -0.4 is 0 Å². The number of carboxylic acid groups (broad SMARTS) is 1. The Labute approximate surface area is 120 Å². The fraction of sp³-hybridized carbons (Fsp3) is 0.562. The van der Waals surface area contributed by atoms with E-state index >= 15 is 0 Å². The van der Waals surface area contributed by atoms with E-state index in [9.17, 15) is 9.90 Å². The highest BCUT2D eigenvalue weighted by molar-refractivity contribution is 5.69. The summed E-state index contributed by atoms with van der Waals surface area (Å²) in [6.07, 6.45) is 0.108. The topological polar surface area (TPSA) is 49.8 Å². The van der Waals surface area contributed by atoms with Crippen molar-refractivity contribution in [3.8, 4) is 0 Å². The van der Waals surface area contributed by atoms with Crippen molar-refractivity contribution in [3.63, 3.8) is 0 Å². The Hall–Kier alpha value is -1.39. The van der Waals surface area contributed by atoms with E-state index in [4.69, 9.17) is 4.74 Å². The van der Waals surface area contributed by atoms with E-state index < -0.39 is 11.5 Å². The van der Waals surface area contributed by atoms with Crippen LogP contribution in [0.25, 0.3) is 0 Å². The molecule has 1 heterocycles. The van der Waals surface area contributed by atoms with Gasteiger partial charge in [0.05, 0.1) is 25.2 Å². The van der Waals surface area contributed by atoms with Gasteiger partial charge in [0.15, 0.2) is 0 Å². The maximum atomic E-state index is 11.4. The minimum absolute atomic E-state index is 0.108. The average molecular weight is 277 g/mol. The number of nitrogens with zero attached hydrogens (tertiary/aromatic N) is 1. The Morgan fingerprint density at radius 1 is 1.35 bits per heavy atom. The van der Waals surface area contributed by atoms with Gasteiger partial charge in [0, 0.05) is 13.1 Å². The van der Waals surface area contributed by atoms with E-state index in [0.29, 0.717) is 13.2 Å². The Morgan fingerprint density at radius 3 is 2.55 bits per heavy atom. The summed E-state index contributed by atoms with van der Waals surface area (Å²) < 4.78 is 5.40. The first-order valence-corrected chi connectivity index (χ1v) is 7.06. The van der Waals surface area contributed by atoms with Crippen LogP contribution in [0.2, 0.25) is 0 Å². The summed E-state index contributed by atoms with van der Waals surface area (Å²) in [5.41, 5.74) is 2.98. The number of hydrogen-bond donors (Lipinski definition) is 1. The summed E-state index contributed by atoms with van der Waals surface area (Å²) in [6, 6.07) is 6.25. The van der Waals surface area contributed by atoms with Crippen LogP contribution in [0.15, 0.2) is 18.2 Å². The Bertz CT molecular complexity index is 494. The number of morpholine rings is 1. The quantitative estimate of drug-likeness (QED) is 0.917. The molecular formula is C16H23NO3. The van der Waals surface area contributed by atoms with Crippen LogP contribution in [-0.4, -0.2) is 42.3 Å². The molecule has 1 aliphatic heterocycles. The van der Waals surface area contributed by atoms with Gasteiger partial charge < -0.3 is 9.84 Å². The van der Waals surface area contributed by atoms with Crippen molar-refractivity contribution in [1.82, 2.24) is 4.90 Å². The molecule has 1 aliphatic rings. The minimum atomic E-state index is -0.765. The second kappa shape index (κ2) is 5.94. The van der Waals surface area contributed by atoms with Gasteiger partial charge in [-0.25, -0.2) is 0 Å². The van der Waals surface area contributed by atoms with Gasteiger partial charge in [-0.15, -0.1) is 0 Å². The van der Waals surface area contributed by atoms with E-state index in [1.165, 1.54) is 5.56 Å². The Morgan fingerprint density at radius 2 is 2.00 bits per heavy atom. The molecule has 4 nitrogen and oxygen atoms in total. The fourth-order valence-electron chi connectivity index (χ4n) is 3.15. The van der Waals surface area contributed by atoms with Crippen molar-refractivity contribution in [2.45, 2.75) is 32.7 Å². The number of hydrogen-bond acceptors (Lipinski definition) is 3. The Balaban J connectivity index is 2.41. The molecule has 1 fully saturated rings. The van der Waals surface area contributed by atoms with E-state index in [0.717, 1.165) is 24.2 Å². The molecule has 1 aromatic carbocycles. The van der Waals surface area contributed by atoms with Crippen LogP contribution in [0.5, 0.6) is 0 Å². The van der Waals surface area contributed by atoms with E-state index in [2.05, 4.69) is 36.9 Å². The fourth-order valence-corrected chi connectivity index (χ4v) is 3.15. The van der Waals surface area contributed by atoms with Gasteiger partial charge in [-0.1, -0.05) is 23.8 Å². The molecule has 0 aromatic heterocycles. The number of benzene rings is 1. The van der Waals surface area contributed by atoms with Crippen LogP contribution >= 0.6 is 0 Å². The lowest BCUT2D eigenvalue weighted by Crippen LogP contribution is -2.51. The van der Waals surface area contributed by atoms with E-state index in [1.54, 1.807) is 0 Å². The second-order valence-electron chi connectivity index (χ2n) is 5.76. The zero-order valence-electron chi connectivity index (χ0n) is 12.5. The van der Waals surface area contributed by atoms with Gasteiger partial charge in [0.25, 0.3) is 0 Å². The maximum absolute atomic E-state index is 11.4. The van der Waals surface area contributed by atoms with Crippen molar-refractivity contribution in [3.05, 3.63) is 34.9 Å². The first kappa shape index (κ1) is 15.0.